The Morgan fingerprint density at radius 3 is 2.86 bits per heavy atom. The lowest BCUT2D eigenvalue weighted by Crippen LogP contribution is -2.34. The first kappa shape index (κ1) is 13.8. The van der Waals surface area contributed by atoms with Crippen molar-refractivity contribution in [1.82, 2.24) is 14.9 Å². The van der Waals surface area contributed by atoms with Gasteiger partial charge in [0.1, 0.15) is 0 Å². The van der Waals surface area contributed by atoms with Crippen molar-refractivity contribution in [2.45, 2.75) is 18.9 Å². The Morgan fingerprint density at radius 1 is 1.29 bits per heavy atom. The lowest BCUT2D eigenvalue weighted by Gasteiger charge is -2.25. The van der Waals surface area contributed by atoms with Gasteiger partial charge in [-0.3, -0.25) is 4.98 Å². The molecule has 6 heteroatoms. The fourth-order valence-electron chi connectivity index (χ4n) is 2.61. The number of pyridine rings is 2. The first-order chi connectivity index (χ1) is 10.3. The molecule has 1 atom stereocenters. The average molecular weight is 303 g/mol. The van der Waals surface area contributed by atoms with Gasteiger partial charge in [0.25, 0.3) is 0 Å². The van der Waals surface area contributed by atoms with Crippen LogP contribution in [0.5, 0.6) is 0 Å². The zero-order chi connectivity index (χ0) is 14.7. The number of urea groups is 1. The van der Waals surface area contributed by atoms with Crippen LogP contribution < -0.4 is 5.32 Å². The van der Waals surface area contributed by atoms with Gasteiger partial charge < -0.3 is 10.2 Å². The van der Waals surface area contributed by atoms with Gasteiger partial charge in [-0.15, -0.1) is 0 Å². The van der Waals surface area contributed by atoms with Crippen molar-refractivity contribution in [3.63, 3.8) is 0 Å². The smallest absolute Gasteiger partial charge is 0.317 e. The van der Waals surface area contributed by atoms with E-state index in [1.165, 1.54) is 0 Å². The van der Waals surface area contributed by atoms with Crippen LogP contribution in [0.25, 0.3) is 0 Å². The highest BCUT2D eigenvalue weighted by Gasteiger charge is 2.30. The first-order valence-corrected chi connectivity index (χ1v) is 7.21. The predicted octanol–water partition coefficient (Wildman–Crippen LogP) is 3.50. The summed E-state index contributed by atoms with van der Waals surface area (Å²) in [5, 5.41) is 3.13. The van der Waals surface area contributed by atoms with Gasteiger partial charge in [0.15, 0.2) is 5.15 Å². The summed E-state index contributed by atoms with van der Waals surface area (Å²) in [6.45, 7) is 0.733. The number of hydrogen-bond acceptors (Lipinski definition) is 3. The lowest BCUT2D eigenvalue weighted by molar-refractivity contribution is 0.207. The fourth-order valence-corrected chi connectivity index (χ4v) is 2.77. The molecule has 2 aromatic rings. The van der Waals surface area contributed by atoms with E-state index >= 15 is 0 Å². The van der Waals surface area contributed by atoms with E-state index < -0.39 is 0 Å². The van der Waals surface area contributed by atoms with E-state index in [4.69, 9.17) is 11.6 Å². The van der Waals surface area contributed by atoms with E-state index in [1.807, 2.05) is 17.0 Å². The summed E-state index contributed by atoms with van der Waals surface area (Å²) in [5.41, 5.74) is 1.64. The molecule has 1 saturated heterocycles. The van der Waals surface area contributed by atoms with Crippen molar-refractivity contribution in [3.05, 3.63) is 53.6 Å². The van der Waals surface area contributed by atoms with Crippen LogP contribution in [0.1, 0.15) is 24.4 Å². The summed E-state index contributed by atoms with van der Waals surface area (Å²) in [6.07, 6.45) is 7.04. The Kier molecular flexibility index (Phi) is 4.01. The SMILES string of the molecule is O=C(Nc1cccnc1Cl)N1CCCC1c1ccncc1. The van der Waals surface area contributed by atoms with E-state index in [0.29, 0.717) is 10.8 Å². The van der Waals surface area contributed by atoms with Gasteiger partial charge in [0, 0.05) is 25.1 Å². The van der Waals surface area contributed by atoms with Crippen LogP contribution in [0, 0.1) is 0 Å². The normalized spacial score (nSPS) is 17.8. The van der Waals surface area contributed by atoms with Crippen molar-refractivity contribution in [3.8, 4) is 0 Å². The van der Waals surface area contributed by atoms with Crippen molar-refractivity contribution < 1.29 is 4.79 Å². The highest BCUT2D eigenvalue weighted by molar-refractivity contribution is 6.32. The number of likely N-dealkylation sites (tertiary alicyclic amines) is 1. The van der Waals surface area contributed by atoms with Crippen LogP contribution in [0.15, 0.2) is 42.9 Å². The summed E-state index contributed by atoms with van der Waals surface area (Å²) in [6, 6.07) is 7.32. The molecule has 1 aliphatic rings. The molecule has 0 bridgehead atoms. The predicted molar refractivity (Wildman–Crippen MR) is 81.2 cm³/mol. The Balaban J connectivity index is 1.76. The van der Waals surface area contributed by atoms with E-state index in [1.54, 1.807) is 30.7 Å². The van der Waals surface area contributed by atoms with Gasteiger partial charge in [0.2, 0.25) is 0 Å². The number of rotatable bonds is 2. The fraction of sp³-hybridized carbons (Fsp3) is 0.267. The summed E-state index contributed by atoms with van der Waals surface area (Å²) >= 11 is 5.98. The molecular formula is C15H15ClN4O. The molecule has 3 rings (SSSR count). The van der Waals surface area contributed by atoms with E-state index in [2.05, 4.69) is 15.3 Å². The maximum absolute atomic E-state index is 12.5. The van der Waals surface area contributed by atoms with E-state index in [9.17, 15) is 4.79 Å². The zero-order valence-electron chi connectivity index (χ0n) is 11.4. The molecule has 21 heavy (non-hydrogen) atoms. The number of hydrogen-bond donors (Lipinski definition) is 1. The van der Waals surface area contributed by atoms with E-state index in [-0.39, 0.29) is 12.1 Å². The second-order valence-corrected chi connectivity index (χ2v) is 5.26. The Bertz CT molecular complexity index is 635. The Morgan fingerprint density at radius 2 is 2.10 bits per heavy atom. The number of amides is 2. The number of aromatic nitrogens is 2. The minimum atomic E-state index is -0.149. The standard InChI is InChI=1S/C15H15ClN4O/c16-14-12(3-1-7-18-14)19-15(21)20-10-2-4-13(20)11-5-8-17-9-6-11/h1,3,5-9,13H,2,4,10H2,(H,19,21). The largest absolute Gasteiger partial charge is 0.322 e. The van der Waals surface area contributed by atoms with Crippen molar-refractivity contribution in [1.29, 1.82) is 0 Å². The molecule has 0 spiro atoms. The summed E-state index contributed by atoms with van der Waals surface area (Å²) in [5.74, 6) is 0. The molecule has 0 saturated carbocycles. The Hall–Kier alpha value is -2.14. The molecule has 1 fully saturated rings. The van der Waals surface area contributed by atoms with Crippen LogP contribution in [-0.2, 0) is 0 Å². The summed E-state index contributed by atoms with van der Waals surface area (Å²) in [7, 11) is 0. The third-order valence-corrected chi connectivity index (χ3v) is 3.91. The van der Waals surface area contributed by atoms with Crippen LogP contribution in [-0.4, -0.2) is 27.4 Å². The quantitative estimate of drug-likeness (QED) is 0.864. The molecule has 2 amide bonds. The topological polar surface area (TPSA) is 58.1 Å². The molecule has 0 aromatic carbocycles. The van der Waals surface area contributed by atoms with Crippen LogP contribution in [0.4, 0.5) is 10.5 Å². The van der Waals surface area contributed by atoms with Crippen LogP contribution in [0.3, 0.4) is 0 Å². The summed E-state index contributed by atoms with van der Waals surface area (Å²) in [4.78, 5) is 22.3. The zero-order valence-corrected chi connectivity index (χ0v) is 12.1. The van der Waals surface area contributed by atoms with Gasteiger partial charge >= 0.3 is 6.03 Å². The van der Waals surface area contributed by atoms with Crippen molar-refractivity contribution in [2.75, 3.05) is 11.9 Å². The van der Waals surface area contributed by atoms with Crippen LogP contribution in [0.2, 0.25) is 5.15 Å². The Labute approximate surface area is 128 Å². The third-order valence-electron chi connectivity index (χ3n) is 3.61. The van der Waals surface area contributed by atoms with Crippen molar-refractivity contribution >= 4 is 23.3 Å². The van der Waals surface area contributed by atoms with Gasteiger partial charge in [-0.1, -0.05) is 11.6 Å². The van der Waals surface area contributed by atoms with Gasteiger partial charge in [-0.2, -0.15) is 0 Å². The highest BCUT2D eigenvalue weighted by Crippen LogP contribution is 2.32. The molecule has 3 heterocycles. The van der Waals surface area contributed by atoms with Crippen molar-refractivity contribution in [2.24, 2.45) is 0 Å². The molecule has 0 aliphatic carbocycles. The maximum atomic E-state index is 12.5. The minimum absolute atomic E-state index is 0.0865. The molecule has 108 valence electrons. The lowest BCUT2D eigenvalue weighted by atomic mass is 10.1. The van der Waals surface area contributed by atoms with E-state index in [0.717, 1.165) is 24.9 Å². The molecule has 0 radical (unpaired) electrons. The minimum Gasteiger partial charge on any atom is -0.317 e. The number of carbonyl (C=O) groups excluding carboxylic acids is 1. The monoisotopic (exact) mass is 302 g/mol. The van der Waals surface area contributed by atoms with Gasteiger partial charge in [0.05, 0.1) is 11.7 Å². The second-order valence-electron chi connectivity index (χ2n) is 4.90. The third kappa shape index (κ3) is 2.97. The van der Waals surface area contributed by atoms with Crippen LogP contribution >= 0.6 is 11.6 Å². The molecule has 1 aliphatic heterocycles. The molecule has 2 aromatic heterocycles. The number of nitrogens with one attached hydrogen (secondary N) is 1. The second kappa shape index (κ2) is 6.10. The summed E-state index contributed by atoms with van der Waals surface area (Å²) < 4.78 is 0. The molecule has 5 nitrogen and oxygen atoms in total. The first-order valence-electron chi connectivity index (χ1n) is 6.84. The number of nitrogens with zero attached hydrogens (tertiary/aromatic N) is 3. The number of carbonyl (C=O) groups is 1. The number of halogens is 1. The van der Waals surface area contributed by atoms with Gasteiger partial charge in [-0.05, 0) is 42.7 Å². The molecular weight excluding hydrogens is 288 g/mol. The maximum Gasteiger partial charge on any atom is 0.322 e. The molecule has 1 unspecified atom stereocenters. The van der Waals surface area contributed by atoms with Gasteiger partial charge in [-0.25, -0.2) is 9.78 Å². The average Bonchev–Trinajstić information content (AvgIpc) is 3.00. The highest BCUT2D eigenvalue weighted by atomic mass is 35.5. The number of anilines is 1. The molecule has 1 N–H and O–H groups in total.